The van der Waals surface area contributed by atoms with Crippen molar-refractivity contribution >= 4 is 5.78 Å². The molecule has 0 heterocycles. The predicted molar refractivity (Wildman–Crippen MR) is 70.2 cm³/mol. The average molecular weight is 248 g/mol. The summed E-state index contributed by atoms with van der Waals surface area (Å²) in [6.07, 6.45) is 5.02. The maximum atomic E-state index is 12.1. The minimum Gasteiger partial charge on any atom is -0.493 e. The topological polar surface area (TPSA) is 35.5 Å². The molecule has 1 saturated carbocycles. The second kappa shape index (κ2) is 5.89. The van der Waals surface area contributed by atoms with E-state index < -0.39 is 0 Å². The van der Waals surface area contributed by atoms with Crippen LogP contribution in [0.1, 0.15) is 31.2 Å². The van der Waals surface area contributed by atoms with Crippen LogP contribution in [0.2, 0.25) is 0 Å². The van der Waals surface area contributed by atoms with E-state index in [-0.39, 0.29) is 5.92 Å². The maximum absolute atomic E-state index is 12.1. The highest BCUT2D eigenvalue weighted by Crippen LogP contribution is 2.30. The Morgan fingerprint density at radius 1 is 1.17 bits per heavy atom. The van der Waals surface area contributed by atoms with E-state index in [1.54, 1.807) is 14.2 Å². The summed E-state index contributed by atoms with van der Waals surface area (Å²) in [7, 11) is 3.22. The van der Waals surface area contributed by atoms with Gasteiger partial charge in [-0.2, -0.15) is 0 Å². The fraction of sp³-hybridized carbons (Fsp3) is 0.533. The number of rotatable bonds is 5. The zero-order valence-electron chi connectivity index (χ0n) is 11.1. The summed E-state index contributed by atoms with van der Waals surface area (Å²) in [5.41, 5.74) is 1.00. The van der Waals surface area contributed by atoms with E-state index in [1.807, 2.05) is 18.2 Å². The molecule has 3 nitrogen and oxygen atoms in total. The van der Waals surface area contributed by atoms with Gasteiger partial charge in [0.1, 0.15) is 5.78 Å². The Morgan fingerprint density at radius 2 is 1.83 bits per heavy atom. The highest BCUT2D eigenvalue weighted by Gasteiger charge is 2.22. The van der Waals surface area contributed by atoms with Gasteiger partial charge >= 0.3 is 0 Å². The van der Waals surface area contributed by atoms with Crippen molar-refractivity contribution in [3.8, 4) is 11.5 Å². The monoisotopic (exact) mass is 248 g/mol. The van der Waals surface area contributed by atoms with Crippen LogP contribution in [0.5, 0.6) is 11.5 Å². The van der Waals surface area contributed by atoms with E-state index in [1.165, 1.54) is 12.8 Å². The number of ether oxygens (including phenoxy) is 2. The number of benzene rings is 1. The first kappa shape index (κ1) is 12.9. The van der Waals surface area contributed by atoms with Gasteiger partial charge in [0.15, 0.2) is 11.5 Å². The van der Waals surface area contributed by atoms with Crippen LogP contribution < -0.4 is 9.47 Å². The van der Waals surface area contributed by atoms with Crippen LogP contribution in [0, 0.1) is 5.92 Å². The van der Waals surface area contributed by atoms with E-state index >= 15 is 0 Å². The zero-order valence-corrected chi connectivity index (χ0v) is 11.1. The van der Waals surface area contributed by atoms with Crippen molar-refractivity contribution in [2.75, 3.05) is 14.2 Å². The molecular formula is C15H20O3. The molecule has 1 aromatic carbocycles. The van der Waals surface area contributed by atoms with Crippen LogP contribution in [-0.2, 0) is 11.2 Å². The van der Waals surface area contributed by atoms with Crippen molar-refractivity contribution in [1.82, 2.24) is 0 Å². The van der Waals surface area contributed by atoms with E-state index in [4.69, 9.17) is 9.47 Å². The number of hydrogen-bond donors (Lipinski definition) is 0. The third-order valence-electron chi connectivity index (χ3n) is 3.64. The molecule has 0 radical (unpaired) electrons. The lowest BCUT2D eigenvalue weighted by molar-refractivity contribution is -0.122. The predicted octanol–water partition coefficient (Wildman–Crippen LogP) is 3.01. The molecule has 0 aliphatic heterocycles. The van der Waals surface area contributed by atoms with Crippen molar-refractivity contribution in [2.24, 2.45) is 5.92 Å². The molecule has 1 aliphatic rings. The molecule has 0 saturated heterocycles. The van der Waals surface area contributed by atoms with E-state index in [0.717, 1.165) is 18.4 Å². The largest absolute Gasteiger partial charge is 0.493 e. The Balaban J connectivity index is 2.06. The first-order chi connectivity index (χ1) is 8.74. The molecule has 2 rings (SSSR count). The van der Waals surface area contributed by atoms with Crippen LogP contribution in [0.3, 0.4) is 0 Å². The smallest absolute Gasteiger partial charge is 0.161 e. The molecule has 0 spiro atoms. The van der Waals surface area contributed by atoms with Crippen molar-refractivity contribution in [3.05, 3.63) is 23.8 Å². The van der Waals surface area contributed by atoms with E-state index in [9.17, 15) is 4.79 Å². The van der Waals surface area contributed by atoms with Crippen LogP contribution in [0.15, 0.2) is 18.2 Å². The molecule has 0 atom stereocenters. The van der Waals surface area contributed by atoms with Gasteiger partial charge < -0.3 is 9.47 Å². The minimum atomic E-state index is 0.276. The standard InChI is InChI=1S/C15H20O3/c1-17-14-8-7-11(10-15(14)18-2)9-13(16)12-5-3-4-6-12/h7-8,10,12H,3-6,9H2,1-2H3. The van der Waals surface area contributed by atoms with Gasteiger partial charge in [0.2, 0.25) is 0 Å². The molecule has 0 amide bonds. The van der Waals surface area contributed by atoms with Crippen LogP contribution >= 0.6 is 0 Å². The molecule has 18 heavy (non-hydrogen) atoms. The summed E-state index contributed by atoms with van der Waals surface area (Å²) >= 11 is 0. The Hall–Kier alpha value is -1.51. The van der Waals surface area contributed by atoms with Crippen LogP contribution in [-0.4, -0.2) is 20.0 Å². The summed E-state index contributed by atoms with van der Waals surface area (Å²) < 4.78 is 10.4. The number of carbonyl (C=O) groups is 1. The molecule has 3 heteroatoms. The Kier molecular flexibility index (Phi) is 4.24. The molecule has 0 aromatic heterocycles. The summed E-state index contributed by atoms with van der Waals surface area (Å²) in [5.74, 6) is 2.03. The normalized spacial score (nSPS) is 15.7. The van der Waals surface area contributed by atoms with Crippen molar-refractivity contribution in [1.29, 1.82) is 0 Å². The minimum absolute atomic E-state index is 0.276. The van der Waals surface area contributed by atoms with Gasteiger partial charge in [-0.05, 0) is 30.5 Å². The lowest BCUT2D eigenvalue weighted by Crippen LogP contribution is -2.13. The maximum Gasteiger partial charge on any atom is 0.161 e. The SMILES string of the molecule is COc1ccc(CC(=O)C2CCCC2)cc1OC. The van der Waals surface area contributed by atoms with E-state index in [2.05, 4.69) is 0 Å². The molecule has 1 fully saturated rings. The Bertz CT molecular complexity index is 420. The molecule has 98 valence electrons. The number of methoxy groups -OCH3 is 2. The Labute approximate surface area is 108 Å². The highest BCUT2D eigenvalue weighted by atomic mass is 16.5. The second-order valence-corrected chi connectivity index (χ2v) is 4.81. The number of hydrogen-bond acceptors (Lipinski definition) is 3. The first-order valence-corrected chi connectivity index (χ1v) is 6.48. The summed E-state index contributed by atoms with van der Waals surface area (Å²) in [6.45, 7) is 0. The molecule has 0 unspecified atom stereocenters. The third-order valence-corrected chi connectivity index (χ3v) is 3.64. The zero-order chi connectivity index (χ0) is 13.0. The molecule has 1 aliphatic carbocycles. The molecule has 0 bridgehead atoms. The van der Waals surface area contributed by atoms with Crippen molar-refractivity contribution in [2.45, 2.75) is 32.1 Å². The molecule has 0 N–H and O–H groups in total. The first-order valence-electron chi connectivity index (χ1n) is 6.48. The number of carbonyl (C=O) groups excluding carboxylic acids is 1. The quantitative estimate of drug-likeness (QED) is 0.803. The van der Waals surface area contributed by atoms with E-state index in [0.29, 0.717) is 23.7 Å². The van der Waals surface area contributed by atoms with Gasteiger partial charge in [0.05, 0.1) is 14.2 Å². The van der Waals surface area contributed by atoms with Crippen molar-refractivity contribution < 1.29 is 14.3 Å². The van der Waals surface area contributed by atoms with Gasteiger partial charge in [-0.15, -0.1) is 0 Å². The van der Waals surface area contributed by atoms with Crippen molar-refractivity contribution in [3.63, 3.8) is 0 Å². The van der Waals surface area contributed by atoms with Gasteiger partial charge in [-0.3, -0.25) is 4.79 Å². The summed E-state index contributed by atoms with van der Waals surface area (Å²) in [6, 6.07) is 5.69. The summed E-state index contributed by atoms with van der Waals surface area (Å²) in [4.78, 5) is 12.1. The molecule has 1 aromatic rings. The van der Waals surface area contributed by atoms with Gasteiger partial charge in [-0.1, -0.05) is 18.9 Å². The van der Waals surface area contributed by atoms with Gasteiger partial charge in [-0.25, -0.2) is 0 Å². The third kappa shape index (κ3) is 2.84. The Morgan fingerprint density at radius 3 is 2.44 bits per heavy atom. The average Bonchev–Trinajstić information content (AvgIpc) is 2.92. The fourth-order valence-corrected chi connectivity index (χ4v) is 2.58. The highest BCUT2D eigenvalue weighted by molar-refractivity contribution is 5.83. The van der Waals surface area contributed by atoms with Crippen LogP contribution in [0.4, 0.5) is 0 Å². The second-order valence-electron chi connectivity index (χ2n) is 4.81. The fourth-order valence-electron chi connectivity index (χ4n) is 2.58. The van der Waals surface area contributed by atoms with Gasteiger partial charge in [0, 0.05) is 12.3 Å². The lowest BCUT2D eigenvalue weighted by Gasteiger charge is -2.11. The summed E-state index contributed by atoms with van der Waals surface area (Å²) in [5, 5.41) is 0. The van der Waals surface area contributed by atoms with Crippen LogP contribution in [0.25, 0.3) is 0 Å². The number of Topliss-reactive ketones (excluding diaryl/α,β-unsaturated/α-hetero) is 1. The van der Waals surface area contributed by atoms with Gasteiger partial charge in [0.25, 0.3) is 0 Å². The lowest BCUT2D eigenvalue weighted by atomic mass is 9.96. The molecular weight excluding hydrogens is 228 g/mol. The number of ketones is 1.